The lowest BCUT2D eigenvalue weighted by Crippen LogP contribution is -2.16. The Morgan fingerprint density at radius 2 is 1.71 bits per heavy atom. The van der Waals surface area contributed by atoms with Crippen molar-refractivity contribution in [3.63, 3.8) is 0 Å². The number of rotatable bonds is 6. The summed E-state index contributed by atoms with van der Waals surface area (Å²) >= 11 is 0. The predicted molar refractivity (Wildman–Crippen MR) is 86.5 cm³/mol. The summed E-state index contributed by atoms with van der Waals surface area (Å²) in [5.74, 6) is 1.04. The Hall–Kier alpha value is -2.21. The number of alkyl halides is 3. The topological polar surface area (TPSA) is 44.5 Å². The zero-order chi connectivity index (χ0) is 17.7. The SMILES string of the molecule is COc1ccc(C(CN)Cc2cccc(C(F)(F)F)c2)cc1OC. The highest BCUT2D eigenvalue weighted by Gasteiger charge is 2.30. The van der Waals surface area contributed by atoms with Gasteiger partial charge < -0.3 is 15.2 Å². The molecule has 0 aromatic heterocycles. The van der Waals surface area contributed by atoms with E-state index in [0.717, 1.165) is 11.6 Å². The molecule has 0 fully saturated rings. The fourth-order valence-corrected chi connectivity index (χ4v) is 2.60. The Morgan fingerprint density at radius 3 is 2.29 bits per heavy atom. The van der Waals surface area contributed by atoms with Crippen LogP contribution in [0.25, 0.3) is 0 Å². The third kappa shape index (κ3) is 4.20. The summed E-state index contributed by atoms with van der Waals surface area (Å²) < 4.78 is 49.0. The third-order valence-electron chi connectivity index (χ3n) is 3.90. The van der Waals surface area contributed by atoms with E-state index in [1.54, 1.807) is 19.2 Å². The summed E-state index contributed by atoms with van der Waals surface area (Å²) in [6, 6.07) is 10.8. The van der Waals surface area contributed by atoms with E-state index in [1.165, 1.54) is 19.2 Å². The van der Waals surface area contributed by atoms with E-state index >= 15 is 0 Å². The summed E-state index contributed by atoms with van der Waals surface area (Å²) in [4.78, 5) is 0. The minimum Gasteiger partial charge on any atom is -0.493 e. The molecule has 0 spiro atoms. The molecule has 0 aliphatic carbocycles. The highest BCUT2D eigenvalue weighted by molar-refractivity contribution is 5.44. The molecule has 24 heavy (non-hydrogen) atoms. The van der Waals surface area contributed by atoms with Crippen LogP contribution < -0.4 is 15.2 Å². The number of hydrogen-bond acceptors (Lipinski definition) is 3. The van der Waals surface area contributed by atoms with Crippen LogP contribution in [0.15, 0.2) is 42.5 Å². The number of benzene rings is 2. The Balaban J connectivity index is 2.27. The molecule has 3 nitrogen and oxygen atoms in total. The zero-order valence-corrected chi connectivity index (χ0v) is 13.6. The first-order chi connectivity index (χ1) is 11.4. The summed E-state index contributed by atoms with van der Waals surface area (Å²) in [6.45, 7) is 0.311. The molecule has 0 radical (unpaired) electrons. The van der Waals surface area contributed by atoms with Crippen LogP contribution in [0.5, 0.6) is 11.5 Å². The fraction of sp³-hybridized carbons (Fsp3) is 0.333. The maximum Gasteiger partial charge on any atom is 0.416 e. The van der Waals surface area contributed by atoms with Gasteiger partial charge in [-0.05, 0) is 42.3 Å². The van der Waals surface area contributed by atoms with E-state index in [0.29, 0.717) is 30.0 Å². The molecular formula is C18H20F3NO2. The Labute approximate surface area is 139 Å². The van der Waals surface area contributed by atoms with Gasteiger partial charge in [-0.15, -0.1) is 0 Å². The van der Waals surface area contributed by atoms with E-state index in [9.17, 15) is 13.2 Å². The molecule has 1 atom stereocenters. The molecule has 0 heterocycles. The van der Waals surface area contributed by atoms with Crippen LogP contribution in [0.2, 0.25) is 0 Å². The van der Waals surface area contributed by atoms with E-state index in [4.69, 9.17) is 15.2 Å². The van der Waals surface area contributed by atoms with Crippen molar-refractivity contribution in [3.05, 3.63) is 59.2 Å². The van der Waals surface area contributed by atoms with Crippen molar-refractivity contribution in [2.24, 2.45) is 5.73 Å². The largest absolute Gasteiger partial charge is 0.493 e. The van der Waals surface area contributed by atoms with Crippen LogP contribution >= 0.6 is 0 Å². The lowest BCUT2D eigenvalue weighted by Gasteiger charge is -2.18. The Bertz CT molecular complexity index is 686. The summed E-state index contributed by atoms with van der Waals surface area (Å²) in [6.07, 6.45) is -3.94. The van der Waals surface area contributed by atoms with Crippen molar-refractivity contribution in [1.82, 2.24) is 0 Å². The van der Waals surface area contributed by atoms with Crippen molar-refractivity contribution in [2.45, 2.75) is 18.5 Å². The van der Waals surface area contributed by atoms with Crippen LogP contribution in [0, 0.1) is 0 Å². The van der Waals surface area contributed by atoms with Crippen molar-refractivity contribution in [1.29, 1.82) is 0 Å². The number of halogens is 3. The molecule has 2 aromatic carbocycles. The molecule has 2 aromatic rings. The third-order valence-corrected chi connectivity index (χ3v) is 3.90. The number of methoxy groups -OCH3 is 2. The van der Waals surface area contributed by atoms with E-state index in [2.05, 4.69) is 0 Å². The van der Waals surface area contributed by atoms with Crippen LogP contribution in [0.4, 0.5) is 13.2 Å². The van der Waals surface area contributed by atoms with Gasteiger partial charge in [0.15, 0.2) is 11.5 Å². The second-order valence-electron chi connectivity index (χ2n) is 5.45. The molecule has 0 aliphatic heterocycles. The lowest BCUT2D eigenvalue weighted by molar-refractivity contribution is -0.137. The fourth-order valence-electron chi connectivity index (χ4n) is 2.60. The van der Waals surface area contributed by atoms with Gasteiger partial charge in [0.25, 0.3) is 0 Å². The maximum absolute atomic E-state index is 12.8. The van der Waals surface area contributed by atoms with E-state index in [-0.39, 0.29) is 5.92 Å². The molecule has 0 aliphatic rings. The molecule has 1 unspecified atom stereocenters. The molecular weight excluding hydrogens is 319 g/mol. The molecule has 2 N–H and O–H groups in total. The monoisotopic (exact) mass is 339 g/mol. The smallest absolute Gasteiger partial charge is 0.416 e. The van der Waals surface area contributed by atoms with Crippen molar-refractivity contribution >= 4 is 0 Å². The second kappa shape index (κ2) is 7.57. The molecule has 2 rings (SSSR count). The van der Waals surface area contributed by atoms with Gasteiger partial charge in [0.1, 0.15) is 0 Å². The lowest BCUT2D eigenvalue weighted by atomic mass is 9.91. The normalized spacial score (nSPS) is 12.8. The maximum atomic E-state index is 12.8. The van der Waals surface area contributed by atoms with Gasteiger partial charge in [0.05, 0.1) is 19.8 Å². The second-order valence-corrected chi connectivity index (χ2v) is 5.45. The number of ether oxygens (including phenoxy) is 2. The summed E-state index contributed by atoms with van der Waals surface area (Å²) in [7, 11) is 3.08. The minimum absolute atomic E-state index is 0.117. The number of nitrogens with two attached hydrogens (primary N) is 1. The molecule has 0 saturated carbocycles. The van der Waals surface area contributed by atoms with Gasteiger partial charge in [0, 0.05) is 5.92 Å². The standard InChI is InChI=1S/C18H20F3NO2/c1-23-16-7-6-13(10-17(16)24-2)14(11-22)8-12-4-3-5-15(9-12)18(19,20)21/h3-7,9-10,14H,8,11,22H2,1-2H3. The van der Waals surface area contributed by atoms with Gasteiger partial charge in [-0.25, -0.2) is 0 Å². The summed E-state index contributed by atoms with van der Waals surface area (Å²) in [5, 5.41) is 0. The first kappa shape index (κ1) is 18.1. The molecule has 6 heteroatoms. The summed E-state index contributed by atoms with van der Waals surface area (Å²) in [5.41, 5.74) is 6.68. The van der Waals surface area contributed by atoms with Gasteiger partial charge in [-0.3, -0.25) is 0 Å². The zero-order valence-electron chi connectivity index (χ0n) is 13.6. The Kier molecular flexibility index (Phi) is 5.72. The Morgan fingerprint density at radius 1 is 1.00 bits per heavy atom. The van der Waals surface area contributed by atoms with Crippen molar-refractivity contribution in [3.8, 4) is 11.5 Å². The van der Waals surface area contributed by atoms with Crippen LogP contribution in [0.3, 0.4) is 0 Å². The highest BCUT2D eigenvalue weighted by atomic mass is 19.4. The van der Waals surface area contributed by atoms with Gasteiger partial charge in [0.2, 0.25) is 0 Å². The van der Waals surface area contributed by atoms with E-state index < -0.39 is 11.7 Å². The molecule has 130 valence electrons. The average molecular weight is 339 g/mol. The highest BCUT2D eigenvalue weighted by Crippen LogP contribution is 2.33. The van der Waals surface area contributed by atoms with Gasteiger partial charge in [-0.2, -0.15) is 13.2 Å². The molecule has 0 amide bonds. The van der Waals surface area contributed by atoms with Crippen LogP contribution in [-0.2, 0) is 12.6 Å². The van der Waals surface area contributed by atoms with E-state index in [1.807, 2.05) is 12.1 Å². The van der Waals surface area contributed by atoms with Crippen LogP contribution in [0.1, 0.15) is 22.6 Å². The van der Waals surface area contributed by atoms with Crippen molar-refractivity contribution in [2.75, 3.05) is 20.8 Å². The molecule has 0 bridgehead atoms. The first-order valence-corrected chi connectivity index (χ1v) is 7.47. The van der Waals surface area contributed by atoms with Gasteiger partial charge >= 0.3 is 6.18 Å². The average Bonchev–Trinajstić information content (AvgIpc) is 2.58. The quantitative estimate of drug-likeness (QED) is 0.865. The first-order valence-electron chi connectivity index (χ1n) is 7.47. The predicted octanol–water partition coefficient (Wildman–Crippen LogP) is 4.01. The van der Waals surface area contributed by atoms with Crippen molar-refractivity contribution < 1.29 is 22.6 Å². The minimum atomic E-state index is -4.35. The molecule has 0 saturated heterocycles. The van der Waals surface area contributed by atoms with Gasteiger partial charge in [-0.1, -0.05) is 24.3 Å². The van der Waals surface area contributed by atoms with Crippen LogP contribution in [-0.4, -0.2) is 20.8 Å². The number of hydrogen-bond donors (Lipinski definition) is 1.